The highest BCUT2D eigenvalue weighted by Gasteiger charge is 2.01. The molecule has 1 aromatic rings. The molecule has 0 saturated heterocycles. The van der Waals surface area contributed by atoms with Gasteiger partial charge < -0.3 is 5.32 Å². The molecule has 0 heterocycles. The summed E-state index contributed by atoms with van der Waals surface area (Å²) in [5.41, 5.74) is 3.80. The van der Waals surface area contributed by atoms with E-state index in [1.54, 1.807) is 0 Å². The number of nitrogens with one attached hydrogen (secondary N) is 1. The van der Waals surface area contributed by atoms with Crippen LogP contribution in [0, 0.1) is 6.92 Å². The fourth-order valence-corrected chi connectivity index (χ4v) is 1.93. The van der Waals surface area contributed by atoms with Crippen LogP contribution in [-0.2, 0) is 6.42 Å². The summed E-state index contributed by atoms with van der Waals surface area (Å²) in [6, 6.07) is 6.26. The van der Waals surface area contributed by atoms with Crippen LogP contribution in [0.2, 0.25) is 5.02 Å². The van der Waals surface area contributed by atoms with Crippen LogP contribution in [-0.4, -0.2) is 13.6 Å². The first-order valence-corrected chi connectivity index (χ1v) is 6.06. The summed E-state index contributed by atoms with van der Waals surface area (Å²) in [4.78, 5) is 0. The van der Waals surface area contributed by atoms with Crippen molar-refractivity contribution in [2.24, 2.45) is 0 Å². The Morgan fingerprint density at radius 3 is 2.81 bits per heavy atom. The molecule has 0 saturated carbocycles. The number of halogens is 1. The Kier molecular flexibility index (Phi) is 5.58. The van der Waals surface area contributed by atoms with Crippen LogP contribution in [0.4, 0.5) is 0 Å². The van der Waals surface area contributed by atoms with Gasteiger partial charge in [0.15, 0.2) is 0 Å². The third kappa shape index (κ3) is 4.38. The van der Waals surface area contributed by atoms with E-state index in [1.807, 2.05) is 13.1 Å². The van der Waals surface area contributed by atoms with E-state index in [0.717, 1.165) is 24.4 Å². The summed E-state index contributed by atoms with van der Waals surface area (Å²) < 4.78 is 0. The Morgan fingerprint density at radius 2 is 2.19 bits per heavy atom. The van der Waals surface area contributed by atoms with Gasteiger partial charge in [0.05, 0.1) is 0 Å². The lowest BCUT2D eigenvalue weighted by Gasteiger charge is -2.06. The van der Waals surface area contributed by atoms with Crippen molar-refractivity contribution in [1.82, 2.24) is 5.32 Å². The van der Waals surface area contributed by atoms with Gasteiger partial charge in [0.25, 0.3) is 0 Å². The zero-order valence-electron chi connectivity index (χ0n) is 10.3. The van der Waals surface area contributed by atoms with E-state index in [9.17, 15) is 0 Å². The summed E-state index contributed by atoms with van der Waals surface area (Å²) in [5, 5.41) is 4.01. The molecule has 16 heavy (non-hydrogen) atoms. The van der Waals surface area contributed by atoms with Crippen molar-refractivity contribution in [2.75, 3.05) is 13.6 Å². The van der Waals surface area contributed by atoms with Gasteiger partial charge in [-0.3, -0.25) is 0 Å². The van der Waals surface area contributed by atoms with E-state index in [-0.39, 0.29) is 0 Å². The minimum absolute atomic E-state index is 0.876. The Labute approximate surface area is 104 Å². The lowest BCUT2D eigenvalue weighted by molar-refractivity contribution is 0.803. The molecule has 2 heteroatoms. The maximum Gasteiger partial charge on any atom is 0.0443 e. The predicted molar refractivity (Wildman–Crippen MR) is 72.2 cm³/mol. The van der Waals surface area contributed by atoms with Crippen molar-refractivity contribution in [1.29, 1.82) is 0 Å². The molecule has 0 spiro atoms. The molecule has 0 bridgehead atoms. The van der Waals surface area contributed by atoms with Crippen LogP contribution in [0.1, 0.15) is 24.5 Å². The lowest BCUT2D eigenvalue weighted by Crippen LogP contribution is -2.06. The standard InChI is InChI=1S/C14H20ClN/c1-11(5-4-8-16-3)9-13-7-6-12(2)10-14(13)15/h5-7,10,16H,4,8-9H2,1-3H3/b11-5-. The quantitative estimate of drug-likeness (QED) is 0.608. The van der Waals surface area contributed by atoms with E-state index in [1.165, 1.54) is 16.7 Å². The average molecular weight is 238 g/mol. The molecule has 0 aromatic heterocycles. The van der Waals surface area contributed by atoms with Crippen molar-refractivity contribution < 1.29 is 0 Å². The summed E-state index contributed by atoms with van der Waals surface area (Å²) in [5.74, 6) is 0. The molecule has 1 aromatic carbocycles. The molecule has 1 N–H and O–H groups in total. The van der Waals surface area contributed by atoms with Crippen molar-refractivity contribution in [2.45, 2.75) is 26.7 Å². The fraction of sp³-hybridized carbons (Fsp3) is 0.429. The van der Waals surface area contributed by atoms with Crippen LogP contribution in [0.3, 0.4) is 0 Å². The lowest BCUT2D eigenvalue weighted by atomic mass is 10.0. The van der Waals surface area contributed by atoms with Crippen LogP contribution >= 0.6 is 11.6 Å². The molecule has 0 radical (unpaired) electrons. The number of hydrogen-bond donors (Lipinski definition) is 1. The van der Waals surface area contributed by atoms with E-state index in [4.69, 9.17) is 11.6 Å². The first kappa shape index (κ1) is 13.3. The number of hydrogen-bond acceptors (Lipinski definition) is 1. The minimum atomic E-state index is 0.876. The summed E-state index contributed by atoms with van der Waals surface area (Å²) in [7, 11) is 1.97. The fourth-order valence-electron chi connectivity index (χ4n) is 1.63. The second-order valence-electron chi connectivity index (χ2n) is 4.21. The van der Waals surface area contributed by atoms with Gasteiger partial charge in [0.2, 0.25) is 0 Å². The largest absolute Gasteiger partial charge is 0.319 e. The Morgan fingerprint density at radius 1 is 1.44 bits per heavy atom. The smallest absolute Gasteiger partial charge is 0.0443 e. The molecule has 0 aliphatic heterocycles. The first-order chi connectivity index (χ1) is 7.63. The predicted octanol–water partition coefficient (Wildman–Crippen LogP) is 3.75. The Bertz CT molecular complexity index is 369. The van der Waals surface area contributed by atoms with Gasteiger partial charge in [0.1, 0.15) is 0 Å². The van der Waals surface area contributed by atoms with Gasteiger partial charge in [0, 0.05) is 5.02 Å². The second-order valence-corrected chi connectivity index (χ2v) is 4.62. The highest BCUT2D eigenvalue weighted by molar-refractivity contribution is 6.31. The van der Waals surface area contributed by atoms with Gasteiger partial charge in [-0.05, 0) is 57.5 Å². The van der Waals surface area contributed by atoms with Crippen molar-refractivity contribution in [3.8, 4) is 0 Å². The molecule has 1 rings (SSSR count). The average Bonchev–Trinajstić information content (AvgIpc) is 2.23. The van der Waals surface area contributed by atoms with Crippen molar-refractivity contribution in [3.05, 3.63) is 46.0 Å². The van der Waals surface area contributed by atoms with E-state index in [2.05, 4.69) is 37.4 Å². The Hall–Kier alpha value is -0.790. The zero-order chi connectivity index (χ0) is 12.0. The molecule has 88 valence electrons. The van der Waals surface area contributed by atoms with Gasteiger partial charge in [-0.25, -0.2) is 0 Å². The third-order valence-electron chi connectivity index (χ3n) is 2.56. The number of rotatable bonds is 5. The number of benzene rings is 1. The molecule has 0 aliphatic rings. The monoisotopic (exact) mass is 237 g/mol. The summed E-state index contributed by atoms with van der Waals surface area (Å²) in [6.07, 6.45) is 4.29. The summed E-state index contributed by atoms with van der Waals surface area (Å²) >= 11 is 6.20. The van der Waals surface area contributed by atoms with Crippen molar-refractivity contribution >= 4 is 11.6 Å². The molecule has 0 amide bonds. The van der Waals surface area contributed by atoms with E-state index < -0.39 is 0 Å². The maximum atomic E-state index is 6.20. The van der Waals surface area contributed by atoms with Gasteiger partial charge in [-0.15, -0.1) is 0 Å². The molecular formula is C14H20ClN. The second kappa shape index (κ2) is 6.72. The molecule has 0 unspecified atom stereocenters. The Balaban J connectivity index is 2.62. The first-order valence-electron chi connectivity index (χ1n) is 5.68. The van der Waals surface area contributed by atoms with E-state index in [0.29, 0.717) is 0 Å². The minimum Gasteiger partial charge on any atom is -0.319 e. The maximum absolute atomic E-state index is 6.20. The third-order valence-corrected chi connectivity index (χ3v) is 2.92. The summed E-state index contributed by atoms with van der Waals surface area (Å²) in [6.45, 7) is 5.25. The number of allylic oxidation sites excluding steroid dienone is 1. The van der Waals surface area contributed by atoms with Gasteiger partial charge >= 0.3 is 0 Å². The molecule has 0 aliphatic carbocycles. The SMILES string of the molecule is CNCC/C=C(/C)Cc1ccc(C)cc1Cl. The zero-order valence-corrected chi connectivity index (χ0v) is 11.1. The van der Waals surface area contributed by atoms with Crippen LogP contribution in [0.25, 0.3) is 0 Å². The number of aryl methyl sites for hydroxylation is 1. The van der Waals surface area contributed by atoms with Crippen LogP contribution in [0.5, 0.6) is 0 Å². The highest BCUT2D eigenvalue weighted by Crippen LogP contribution is 2.20. The molecular weight excluding hydrogens is 218 g/mol. The molecule has 0 fully saturated rings. The normalized spacial score (nSPS) is 11.9. The highest BCUT2D eigenvalue weighted by atomic mass is 35.5. The van der Waals surface area contributed by atoms with Crippen LogP contribution < -0.4 is 5.32 Å². The van der Waals surface area contributed by atoms with Gasteiger partial charge in [-0.1, -0.05) is 35.4 Å². The molecule has 1 nitrogen and oxygen atoms in total. The van der Waals surface area contributed by atoms with Gasteiger partial charge in [-0.2, -0.15) is 0 Å². The van der Waals surface area contributed by atoms with Crippen LogP contribution in [0.15, 0.2) is 29.8 Å². The topological polar surface area (TPSA) is 12.0 Å². The van der Waals surface area contributed by atoms with Crippen molar-refractivity contribution in [3.63, 3.8) is 0 Å². The molecule has 0 atom stereocenters. The van der Waals surface area contributed by atoms with E-state index >= 15 is 0 Å².